The molecule has 0 radical (unpaired) electrons. The predicted molar refractivity (Wildman–Crippen MR) is 166 cm³/mol. The number of nitrogens with one attached hydrogen (secondary N) is 1. The zero-order valence-corrected chi connectivity index (χ0v) is 25.0. The van der Waals surface area contributed by atoms with Crippen molar-refractivity contribution in [3.63, 3.8) is 0 Å². The van der Waals surface area contributed by atoms with Gasteiger partial charge in [-0.2, -0.15) is 8.42 Å². The van der Waals surface area contributed by atoms with E-state index < -0.39 is 16.1 Å². The first-order valence-corrected chi connectivity index (χ1v) is 15.5. The largest absolute Gasteiger partial charge is 0.326 e. The normalized spacial score (nSPS) is 14.8. The van der Waals surface area contributed by atoms with Crippen LogP contribution in [0.25, 0.3) is 23.0 Å². The zero-order chi connectivity index (χ0) is 29.1. The van der Waals surface area contributed by atoms with Gasteiger partial charge in [0.15, 0.2) is 0 Å². The third-order valence-electron chi connectivity index (χ3n) is 6.77. The molecule has 0 bridgehead atoms. The lowest BCUT2D eigenvalue weighted by atomic mass is 10.1. The summed E-state index contributed by atoms with van der Waals surface area (Å²) in [5, 5.41) is 1.00. The Bertz CT molecular complexity index is 1710. The molecule has 3 aromatic carbocycles. The Balaban J connectivity index is 1.49. The maximum atomic E-state index is 12.5. The van der Waals surface area contributed by atoms with Gasteiger partial charge in [-0.3, -0.25) is 4.79 Å². The lowest BCUT2D eigenvalue weighted by Crippen LogP contribution is -2.29. The molecule has 5 rings (SSSR count). The van der Waals surface area contributed by atoms with Crippen molar-refractivity contribution in [2.24, 2.45) is 5.92 Å². The quantitative estimate of drug-likeness (QED) is 0.220. The van der Waals surface area contributed by atoms with Crippen LogP contribution < -0.4 is 9.03 Å². The topological polar surface area (TPSA) is 84.3 Å². The molecule has 212 valence electrons. The third kappa shape index (κ3) is 6.84. The van der Waals surface area contributed by atoms with Crippen LogP contribution in [0.5, 0.6) is 0 Å². The zero-order valence-electron chi connectivity index (χ0n) is 22.7. The monoisotopic (exact) mass is 608 g/mol. The van der Waals surface area contributed by atoms with Crippen LogP contribution in [0.4, 0.5) is 5.69 Å². The average Bonchev–Trinajstić information content (AvgIpc) is 3.46. The van der Waals surface area contributed by atoms with Gasteiger partial charge < -0.3 is 4.57 Å². The first-order chi connectivity index (χ1) is 19.6. The molecule has 0 atom stereocenters. The molecular weight excluding hydrogens is 579 g/mol. The lowest BCUT2D eigenvalue weighted by Gasteiger charge is -2.16. The Morgan fingerprint density at radius 1 is 1.02 bits per heavy atom. The van der Waals surface area contributed by atoms with Crippen LogP contribution in [0.1, 0.15) is 43.6 Å². The number of rotatable bonds is 9. The maximum absolute atomic E-state index is 12.5. The van der Waals surface area contributed by atoms with Gasteiger partial charge in [0.25, 0.3) is 5.91 Å². The van der Waals surface area contributed by atoms with Crippen LogP contribution in [-0.2, 0) is 21.4 Å². The predicted octanol–water partition coefficient (Wildman–Crippen LogP) is 7.07. The van der Waals surface area contributed by atoms with Gasteiger partial charge in [0, 0.05) is 28.9 Å². The number of allylic oxidation sites excluding steroid dienone is 1. The Hall–Kier alpha value is -3.59. The van der Waals surface area contributed by atoms with Gasteiger partial charge in [-0.15, -0.1) is 0 Å². The molecule has 1 saturated heterocycles. The van der Waals surface area contributed by atoms with Gasteiger partial charge in [-0.25, -0.2) is 14.0 Å². The molecule has 0 unspecified atom stereocenters. The number of amides is 1. The van der Waals surface area contributed by atoms with Crippen molar-refractivity contribution in [1.29, 1.82) is 0 Å². The van der Waals surface area contributed by atoms with E-state index in [2.05, 4.69) is 50.3 Å². The number of benzene rings is 3. The molecule has 0 spiro atoms. The molecule has 1 aliphatic rings. The Morgan fingerprint density at radius 2 is 1.78 bits per heavy atom. The molecule has 1 N–H and O–H groups in total. The number of hydrogen-bond donors (Lipinski definition) is 1. The van der Waals surface area contributed by atoms with E-state index in [1.807, 2.05) is 27.6 Å². The number of carbonyl (C=O) groups is 1. The summed E-state index contributed by atoms with van der Waals surface area (Å²) in [5.41, 5.74) is 4.66. The molecule has 41 heavy (non-hydrogen) atoms. The van der Waals surface area contributed by atoms with E-state index in [4.69, 9.17) is 28.2 Å². The molecule has 1 aliphatic heterocycles. The standard InChI is InChI=1S/C31H30Cl2N4O3S/c1-21(2)6-3-4-7-22-10-12-23(13-11-22)16-30-34-29(27-15-14-24(32)17-28(27)33)19-36(30)25-8-5-9-26(18-25)37-20-31(38)35-41(37,39)40/h4-5,7-15,17-19,21H,3,6,16,20H2,1-2H3,(H,35,38). The van der Waals surface area contributed by atoms with Gasteiger partial charge in [0.2, 0.25) is 0 Å². The van der Waals surface area contributed by atoms with Crippen molar-refractivity contribution in [1.82, 2.24) is 14.3 Å². The van der Waals surface area contributed by atoms with Crippen molar-refractivity contribution in [3.05, 3.63) is 106 Å². The van der Waals surface area contributed by atoms with Gasteiger partial charge >= 0.3 is 10.2 Å². The van der Waals surface area contributed by atoms with E-state index >= 15 is 0 Å². The third-order valence-corrected chi connectivity index (χ3v) is 8.72. The van der Waals surface area contributed by atoms with Crippen molar-refractivity contribution < 1.29 is 13.2 Å². The smallest absolute Gasteiger partial charge is 0.303 e. The molecule has 10 heteroatoms. The van der Waals surface area contributed by atoms with Crippen molar-refractivity contribution in [2.45, 2.75) is 33.1 Å². The van der Waals surface area contributed by atoms with Gasteiger partial charge in [-0.1, -0.05) is 79.5 Å². The second kappa shape index (κ2) is 12.1. The van der Waals surface area contributed by atoms with E-state index in [-0.39, 0.29) is 6.54 Å². The van der Waals surface area contributed by atoms with Crippen molar-refractivity contribution in [2.75, 3.05) is 10.8 Å². The highest BCUT2D eigenvalue weighted by atomic mass is 35.5. The summed E-state index contributed by atoms with van der Waals surface area (Å²) in [6.45, 7) is 4.18. The van der Waals surface area contributed by atoms with Crippen molar-refractivity contribution in [3.8, 4) is 16.9 Å². The fourth-order valence-corrected chi connectivity index (χ4v) is 6.29. The molecule has 4 aromatic rings. The van der Waals surface area contributed by atoms with E-state index in [0.29, 0.717) is 39.5 Å². The minimum absolute atomic E-state index is 0.271. The molecule has 1 fully saturated rings. The SMILES string of the molecule is CC(C)CCC=Cc1ccc(Cc2nc(-c3ccc(Cl)cc3Cl)cn2-c2cccc(N3CC(=O)NS3(=O)=O)c2)cc1. The fourth-order valence-electron chi connectivity index (χ4n) is 4.65. The van der Waals surface area contributed by atoms with Crippen LogP contribution >= 0.6 is 23.2 Å². The summed E-state index contributed by atoms with van der Waals surface area (Å²) >= 11 is 12.6. The summed E-state index contributed by atoms with van der Waals surface area (Å²) in [6.07, 6.45) is 8.96. The second-order valence-corrected chi connectivity index (χ2v) is 12.8. The van der Waals surface area contributed by atoms with E-state index in [1.54, 1.807) is 30.3 Å². The van der Waals surface area contributed by atoms with Crippen LogP contribution in [0.3, 0.4) is 0 Å². The van der Waals surface area contributed by atoms with Gasteiger partial charge in [-0.05, 0) is 66.3 Å². The van der Waals surface area contributed by atoms with Crippen LogP contribution in [0.2, 0.25) is 10.0 Å². The summed E-state index contributed by atoms with van der Waals surface area (Å²) in [7, 11) is -3.94. The Kier molecular flexibility index (Phi) is 8.54. The fraction of sp³-hybridized carbons (Fsp3) is 0.226. The number of aromatic nitrogens is 2. The molecule has 2 heterocycles. The summed E-state index contributed by atoms with van der Waals surface area (Å²) < 4.78 is 29.9. The van der Waals surface area contributed by atoms with Crippen molar-refractivity contribution >= 4 is 51.1 Å². The minimum atomic E-state index is -3.94. The lowest BCUT2D eigenvalue weighted by molar-refractivity contribution is -0.117. The second-order valence-electron chi connectivity index (χ2n) is 10.4. The van der Waals surface area contributed by atoms with Gasteiger partial charge in [0.1, 0.15) is 12.4 Å². The Labute approximate surface area is 250 Å². The van der Waals surface area contributed by atoms with E-state index in [1.165, 1.54) is 0 Å². The number of halogens is 2. The van der Waals surface area contributed by atoms with Crippen LogP contribution in [-0.4, -0.2) is 30.4 Å². The average molecular weight is 610 g/mol. The minimum Gasteiger partial charge on any atom is -0.303 e. The van der Waals surface area contributed by atoms with E-state index in [0.717, 1.165) is 39.7 Å². The summed E-state index contributed by atoms with van der Waals surface area (Å²) in [4.78, 5) is 16.8. The first-order valence-electron chi connectivity index (χ1n) is 13.3. The van der Waals surface area contributed by atoms with Crippen LogP contribution in [0, 0.1) is 5.92 Å². The molecule has 0 aliphatic carbocycles. The molecule has 1 amide bonds. The molecule has 7 nitrogen and oxygen atoms in total. The summed E-state index contributed by atoms with van der Waals surface area (Å²) in [5.74, 6) is 0.844. The highest BCUT2D eigenvalue weighted by Crippen LogP contribution is 2.32. The first kappa shape index (κ1) is 28.9. The molecular formula is C31H30Cl2N4O3S. The number of carbonyl (C=O) groups excluding carboxylic acids is 1. The Morgan fingerprint density at radius 3 is 2.46 bits per heavy atom. The molecule has 1 aromatic heterocycles. The maximum Gasteiger partial charge on any atom is 0.326 e. The summed E-state index contributed by atoms with van der Waals surface area (Å²) in [6, 6.07) is 20.6. The molecule has 0 saturated carbocycles. The highest BCUT2D eigenvalue weighted by molar-refractivity contribution is 7.92. The number of anilines is 1. The number of nitrogens with zero attached hydrogens (tertiary/aromatic N) is 3. The van der Waals surface area contributed by atoms with Crippen LogP contribution in [0.15, 0.2) is 79.0 Å². The number of hydrogen-bond acceptors (Lipinski definition) is 4. The highest BCUT2D eigenvalue weighted by Gasteiger charge is 2.34. The van der Waals surface area contributed by atoms with Gasteiger partial charge in [0.05, 0.1) is 16.4 Å². The number of imidazole rings is 1. The van der Waals surface area contributed by atoms with E-state index in [9.17, 15) is 13.2 Å².